The average molecular weight is 521 g/mol. The highest BCUT2D eigenvalue weighted by Gasteiger charge is 2.34. The van der Waals surface area contributed by atoms with Crippen LogP contribution in [0.4, 0.5) is 13.2 Å². The lowest BCUT2D eigenvalue weighted by atomic mass is 10.0. The zero-order valence-corrected chi connectivity index (χ0v) is 19.4. The monoisotopic (exact) mass is 521 g/mol. The Balaban J connectivity index is 0.00000392. The van der Waals surface area contributed by atoms with Crippen molar-refractivity contribution in [3.63, 3.8) is 0 Å². The molecule has 2 rings (SSSR count). The Morgan fingerprint density at radius 1 is 1.21 bits per heavy atom. The second-order valence-corrected chi connectivity index (χ2v) is 7.87. The second kappa shape index (κ2) is 12.4. The minimum Gasteiger partial charge on any atom is -0.379 e. The maximum Gasteiger partial charge on any atom is 0.401 e. The third-order valence-electron chi connectivity index (χ3n) is 5.05. The largest absolute Gasteiger partial charge is 0.401 e. The van der Waals surface area contributed by atoms with Crippen molar-refractivity contribution in [1.82, 2.24) is 20.4 Å². The van der Waals surface area contributed by atoms with Gasteiger partial charge >= 0.3 is 6.18 Å². The number of aliphatic imine (C=N–C) groups is 1. The number of rotatable bonds is 7. The van der Waals surface area contributed by atoms with Crippen molar-refractivity contribution >= 4 is 29.9 Å². The van der Waals surface area contributed by atoms with Crippen LogP contribution in [0.1, 0.15) is 26.7 Å². The van der Waals surface area contributed by atoms with Gasteiger partial charge < -0.3 is 15.4 Å². The molecule has 0 aromatic rings. The molecule has 6 nitrogen and oxygen atoms in total. The predicted octanol–water partition coefficient (Wildman–Crippen LogP) is 2.15. The molecule has 0 bridgehead atoms. The van der Waals surface area contributed by atoms with E-state index in [2.05, 4.69) is 34.4 Å². The Hall–Kier alpha value is -0.330. The summed E-state index contributed by atoms with van der Waals surface area (Å²) >= 11 is 0. The lowest BCUT2D eigenvalue weighted by molar-refractivity contribution is -0.143. The number of halogens is 4. The molecule has 0 aromatic carbocycles. The summed E-state index contributed by atoms with van der Waals surface area (Å²) < 4.78 is 43.1. The molecular formula is C18H35F3IN5O. The number of hydrogen-bond donors (Lipinski definition) is 2. The first-order valence-electron chi connectivity index (χ1n) is 9.85. The number of nitrogens with zero attached hydrogens (tertiary/aromatic N) is 3. The van der Waals surface area contributed by atoms with Crippen molar-refractivity contribution < 1.29 is 17.9 Å². The minimum absolute atomic E-state index is 0. The van der Waals surface area contributed by atoms with Crippen LogP contribution in [0.15, 0.2) is 4.99 Å². The third-order valence-corrected chi connectivity index (χ3v) is 5.05. The fraction of sp³-hybridized carbons (Fsp3) is 0.944. The molecule has 10 heteroatoms. The Kier molecular flexibility index (Phi) is 11.4. The predicted molar refractivity (Wildman–Crippen MR) is 116 cm³/mol. The Morgan fingerprint density at radius 2 is 1.89 bits per heavy atom. The number of morpholine rings is 1. The lowest BCUT2D eigenvalue weighted by Gasteiger charge is -2.36. The molecule has 2 aliphatic heterocycles. The van der Waals surface area contributed by atoms with Gasteiger partial charge in [-0.05, 0) is 18.8 Å². The molecule has 28 heavy (non-hydrogen) atoms. The van der Waals surface area contributed by atoms with Crippen molar-refractivity contribution in [2.24, 2.45) is 10.9 Å². The quantitative estimate of drug-likeness (QED) is 0.306. The van der Waals surface area contributed by atoms with E-state index in [-0.39, 0.29) is 30.0 Å². The van der Waals surface area contributed by atoms with E-state index in [4.69, 9.17) is 4.74 Å². The van der Waals surface area contributed by atoms with Crippen molar-refractivity contribution in [2.75, 3.05) is 59.5 Å². The van der Waals surface area contributed by atoms with Crippen LogP contribution in [-0.2, 0) is 4.74 Å². The molecule has 2 fully saturated rings. The molecule has 2 aliphatic rings. The molecule has 2 heterocycles. The molecule has 0 amide bonds. The van der Waals surface area contributed by atoms with Gasteiger partial charge in [-0.1, -0.05) is 13.8 Å². The number of alkyl halides is 3. The first-order chi connectivity index (χ1) is 12.8. The molecule has 2 saturated heterocycles. The molecule has 2 unspecified atom stereocenters. The summed E-state index contributed by atoms with van der Waals surface area (Å²) in [7, 11) is 1.70. The summed E-state index contributed by atoms with van der Waals surface area (Å²) in [5.74, 6) is 1.25. The smallest absolute Gasteiger partial charge is 0.379 e. The van der Waals surface area contributed by atoms with E-state index in [1.165, 1.54) is 4.90 Å². The topological polar surface area (TPSA) is 52.1 Å². The van der Waals surface area contributed by atoms with E-state index in [0.29, 0.717) is 37.4 Å². The summed E-state index contributed by atoms with van der Waals surface area (Å²) in [6.45, 7) is 8.58. The van der Waals surface area contributed by atoms with Crippen LogP contribution in [-0.4, -0.2) is 93.5 Å². The Labute approximate surface area is 183 Å². The van der Waals surface area contributed by atoms with Gasteiger partial charge in [0.05, 0.1) is 19.8 Å². The summed E-state index contributed by atoms with van der Waals surface area (Å²) in [6.07, 6.45) is -2.38. The van der Waals surface area contributed by atoms with Gasteiger partial charge in [0.2, 0.25) is 0 Å². The molecular weight excluding hydrogens is 486 g/mol. The number of hydrogen-bond acceptors (Lipinski definition) is 4. The minimum atomic E-state index is -4.14. The maximum absolute atomic E-state index is 12.5. The number of ether oxygens (including phenoxy) is 1. The van der Waals surface area contributed by atoms with Gasteiger partial charge in [-0.15, -0.1) is 24.0 Å². The number of likely N-dealkylation sites (tertiary alicyclic amines) is 1. The molecule has 0 saturated carbocycles. The van der Waals surface area contributed by atoms with Crippen molar-refractivity contribution in [3.8, 4) is 0 Å². The van der Waals surface area contributed by atoms with E-state index >= 15 is 0 Å². The van der Waals surface area contributed by atoms with Crippen LogP contribution in [0.2, 0.25) is 0 Å². The molecule has 0 aromatic heterocycles. The summed E-state index contributed by atoms with van der Waals surface area (Å²) in [5.41, 5.74) is 0. The molecule has 0 spiro atoms. The molecule has 2 atom stereocenters. The number of guanidine groups is 1. The highest BCUT2D eigenvalue weighted by molar-refractivity contribution is 14.0. The van der Waals surface area contributed by atoms with Gasteiger partial charge in [0.15, 0.2) is 5.96 Å². The van der Waals surface area contributed by atoms with Gasteiger partial charge in [-0.3, -0.25) is 14.8 Å². The normalized spacial score (nSPS) is 23.5. The van der Waals surface area contributed by atoms with Gasteiger partial charge in [0.25, 0.3) is 0 Å². The van der Waals surface area contributed by atoms with E-state index in [1.807, 2.05) is 0 Å². The van der Waals surface area contributed by atoms with Crippen molar-refractivity contribution in [1.29, 1.82) is 0 Å². The zero-order chi connectivity index (χ0) is 19.9. The van der Waals surface area contributed by atoms with E-state index < -0.39 is 12.7 Å². The van der Waals surface area contributed by atoms with Crippen LogP contribution in [0.3, 0.4) is 0 Å². The summed E-state index contributed by atoms with van der Waals surface area (Å²) in [5, 5.41) is 6.66. The highest BCUT2D eigenvalue weighted by Crippen LogP contribution is 2.20. The van der Waals surface area contributed by atoms with Crippen molar-refractivity contribution in [3.05, 3.63) is 0 Å². The Morgan fingerprint density at radius 3 is 2.46 bits per heavy atom. The van der Waals surface area contributed by atoms with E-state index in [9.17, 15) is 13.2 Å². The average Bonchev–Trinajstić information content (AvgIpc) is 3.02. The maximum atomic E-state index is 12.5. The third kappa shape index (κ3) is 9.45. The van der Waals surface area contributed by atoms with Crippen molar-refractivity contribution in [2.45, 2.75) is 44.9 Å². The van der Waals surface area contributed by atoms with Crippen LogP contribution < -0.4 is 10.6 Å². The second-order valence-electron chi connectivity index (χ2n) is 7.87. The van der Waals surface area contributed by atoms with E-state index in [0.717, 1.165) is 39.3 Å². The van der Waals surface area contributed by atoms with Gasteiger partial charge in [-0.25, -0.2) is 0 Å². The highest BCUT2D eigenvalue weighted by atomic mass is 127. The van der Waals surface area contributed by atoms with Gasteiger partial charge in [-0.2, -0.15) is 13.2 Å². The first kappa shape index (κ1) is 25.7. The Bertz CT molecular complexity index is 473. The molecule has 166 valence electrons. The fourth-order valence-corrected chi connectivity index (χ4v) is 3.80. The SMILES string of the molecule is CN=C(NCC(CC(C)C)N1CCOCC1)NC1CCN(CC(F)(F)F)C1.I. The van der Waals surface area contributed by atoms with Crippen LogP contribution in [0, 0.1) is 5.92 Å². The summed E-state index contributed by atoms with van der Waals surface area (Å²) in [6, 6.07) is 0.378. The van der Waals surface area contributed by atoms with Gasteiger partial charge in [0, 0.05) is 51.9 Å². The standard InChI is InChI=1S/C18H34F3N5O.HI/c1-14(2)10-16(26-6-8-27-9-7-26)11-23-17(22-3)24-15-4-5-25(12-15)13-18(19,20)21;/h14-16H,4-13H2,1-3H3,(H2,22,23,24);1H. The number of nitrogens with one attached hydrogen (secondary N) is 2. The zero-order valence-electron chi connectivity index (χ0n) is 17.1. The van der Waals surface area contributed by atoms with Crippen LogP contribution >= 0.6 is 24.0 Å². The first-order valence-corrected chi connectivity index (χ1v) is 9.85. The molecule has 2 N–H and O–H groups in total. The van der Waals surface area contributed by atoms with E-state index in [1.54, 1.807) is 7.05 Å². The molecule has 0 radical (unpaired) electrons. The van der Waals surface area contributed by atoms with Crippen LogP contribution in [0.25, 0.3) is 0 Å². The van der Waals surface area contributed by atoms with Crippen LogP contribution in [0.5, 0.6) is 0 Å². The van der Waals surface area contributed by atoms with Gasteiger partial charge in [0.1, 0.15) is 0 Å². The fourth-order valence-electron chi connectivity index (χ4n) is 3.80. The summed E-state index contributed by atoms with van der Waals surface area (Å²) in [4.78, 5) is 8.15. The lowest BCUT2D eigenvalue weighted by Crippen LogP contribution is -2.52. The molecule has 0 aliphatic carbocycles.